The van der Waals surface area contributed by atoms with Crippen LogP contribution in [0.2, 0.25) is 0 Å². The highest BCUT2D eigenvalue weighted by molar-refractivity contribution is 5.79. The van der Waals surface area contributed by atoms with Crippen molar-refractivity contribution in [3.05, 3.63) is 35.4 Å². The molecule has 2 unspecified atom stereocenters. The standard InChI is InChI=1S/C21H28F4N2O/c1-20(2)9-3-10-27(18(20)14-26-11-8-17(22)13-26)19(28)12-15-4-6-16(7-5-15)21(23,24)25/h4-7,17-18H,3,8-14H2,1-2H3. The molecular formula is C21H28F4N2O. The summed E-state index contributed by atoms with van der Waals surface area (Å²) in [5.41, 5.74) is -0.219. The Kier molecular flexibility index (Phi) is 6.03. The molecule has 1 amide bonds. The second-order valence-electron chi connectivity index (χ2n) is 8.71. The van der Waals surface area contributed by atoms with Crippen LogP contribution in [0.5, 0.6) is 0 Å². The zero-order valence-electron chi connectivity index (χ0n) is 16.4. The van der Waals surface area contributed by atoms with E-state index >= 15 is 0 Å². The normalized spacial score (nSPS) is 25.9. The Labute approximate surface area is 163 Å². The zero-order chi connectivity index (χ0) is 20.5. The molecule has 0 saturated carbocycles. The van der Waals surface area contributed by atoms with E-state index in [0.717, 1.165) is 25.0 Å². The van der Waals surface area contributed by atoms with Crippen LogP contribution in [0.4, 0.5) is 17.6 Å². The van der Waals surface area contributed by atoms with E-state index in [2.05, 4.69) is 18.7 Å². The average Bonchev–Trinajstić information content (AvgIpc) is 3.01. The molecule has 1 aromatic carbocycles. The average molecular weight is 400 g/mol. The highest BCUT2D eigenvalue weighted by atomic mass is 19.4. The summed E-state index contributed by atoms with van der Waals surface area (Å²) in [6.45, 7) is 6.67. The molecule has 3 rings (SSSR count). The molecule has 0 spiro atoms. The predicted octanol–water partition coefficient (Wildman–Crippen LogP) is 4.31. The van der Waals surface area contributed by atoms with Crippen molar-refractivity contribution in [2.24, 2.45) is 5.41 Å². The molecule has 2 aliphatic heterocycles. The van der Waals surface area contributed by atoms with Crippen LogP contribution < -0.4 is 0 Å². The minimum absolute atomic E-state index is 0.0199. The van der Waals surface area contributed by atoms with Crippen LogP contribution >= 0.6 is 0 Å². The number of likely N-dealkylation sites (tertiary alicyclic amines) is 2. The molecule has 2 fully saturated rings. The van der Waals surface area contributed by atoms with Gasteiger partial charge in [0.25, 0.3) is 0 Å². The number of carbonyl (C=O) groups excluding carboxylic acids is 1. The predicted molar refractivity (Wildman–Crippen MR) is 99.6 cm³/mol. The van der Waals surface area contributed by atoms with Crippen molar-refractivity contribution in [2.45, 2.75) is 57.9 Å². The molecule has 2 atom stereocenters. The molecule has 1 aromatic rings. The first-order chi connectivity index (χ1) is 13.1. The summed E-state index contributed by atoms with van der Waals surface area (Å²) in [6, 6.07) is 4.77. The largest absolute Gasteiger partial charge is 0.416 e. The van der Waals surface area contributed by atoms with Gasteiger partial charge in [0, 0.05) is 32.2 Å². The second kappa shape index (κ2) is 8.01. The molecular weight excluding hydrogens is 372 g/mol. The number of hydrogen-bond donors (Lipinski definition) is 0. The Bertz CT molecular complexity index is 687. The fourth-order valence-electron chi connectivity index (χ4n) is 4.38. The fraction of sp³-hybridized carbons (Fsp3) is 0.667. The number of amides is 1. The summed E-state index contributed by atoms with van der Waals surface area (Å²) in [4.78, 5) is 16.9. The van der Waals surface area contributed by atoms with Crippen LogP contribution in [0.1, 0.15) is 44.2 Å². The number of benzene rings is 1. The molecule has 0 radical (unpaired) electrons. The Hall–Kier alpha value is -1.63. The Balaban J connectivity index is 1.70. The van der Waals surface area contributed by atoms with Crippen LogP contribution in [0.25, 0.3) is 0 Å². The minimum Gasteiger partial charge on any atom is -0.338 e. The van der Waals surface area contributed by atoms with Crippen molar-refractivity contribution in [2.75, 3.05) is 26.2 Å². The first-order valence-corrected chi connectivity index (χ1v) is 9.88. The second-order valence-corrected chi connectivity index (χ2v) is 8.71. The quantitative estimate of drug-likeness (QED) is 0.704. The van der Waals surface area contributed by atoms with Crippen LogP contribution in [-0.2, 0) is 17.4 Å². The third-order valence-electron chi connectivity index (χ3n) is 6.10. The topological polar surface area (TPSA) is 23.6 Å². The fourth-order valence-corrected chi connectivity index (χ4v) is 4.38. The van der Waals surface area contributed by atoms with Crippen molar-refractivity contribution >= 4 is 5.91 Å². The van der Waals surface area contributed by atoms with E-state index < -0.39 is 17.9 Å². The minimum atomic E-state index is -4.38. The summed E-state index contributed by atoms with van der Waals surface area (Å²) in [7, 11) is 0. The van der Waals surface area contributed by atoms with Crippen molar-refractivity contribution in [3.63, 3.8) is 0 Å². The maximum Gasteiger partial charge on any atom is 0.416 e. The Morgan fingerprint density at radius 3 is 2.43 bits per heavy atom. The summed E-state index contributed by atoms with van der Waals surface area (Å²) < 4.78 is 51.8. The number of hydrogen-bond acceptors (Lipinski definition) is 2. The van der Waals surface area contributed by atoms with Crippen molar-refractivity contribution in [1.29, 1.82) is 0 Å². The highest BCUT2D eigenvalue weighted by Gasteiger charge is 2.41. The van der Waals surface area contributed by atoms with Crippen LogP contribution in [-0.4, -0.2) is 54.1 Å². The number of rotatable bonds is 4. The maximum absolute atomic E-state index is 13.6. The highest BCUT2D eigenvalue weighted by Crippen LogP contribution is 2.36. The molecule has 7 heteroatoms. The van der Waals surface area contributed by atoms with E-state index in [1.807, 2.05) is 4.90 Å². The van der Waals surface area contributed by atoms with Gasteiger partial charge in [-0.25, -0.2) is 4.39 Å². The first kappa shape index (κ1) is 21.1. The van der Waals surface area contributed by atoms with Gasteiger partial charge in [0.05, 0.1) is 12.0 Å². The summed E-state index contributed by atoms with van der Waals surface area (Å²) in [5, 5.41) is 0. The molecule has 2 aliphatic rings. The molecule has 0 bridgehead atoms. The summed E-state index contributed by atoms with van der Waals surface area (Å²) in [6.07, 6.45) is -2.68. The zero-order valence-corrected chi connectivity index (χ0v) is 16.4. The van der Waals surface area contributed by atoms with E-state index in [1.165, 1.54) is 12.1 Å². The lowest BCUT2D eigenvalue weighted by Gasteiger charge is -2.48. The maximum atomic E-state index is 13.6. The number of alkyl halides is 4. The molecule has 2 saturated heterocycles. The summed E-state index contributed by atoms with van der Waals surface area (Å²) in [5.74, 6) is -0.0754. The van der Waals surface area contributed by atoms with Gasteiger partial charge in [0.2, 0.25) is 5.91 Å². The van der Waals surface area contributed by atoms with E-state index in [1.54, 1.807) is 0 Å². The van der Waals surface area contributed by atoms with Crippen molar-refractivity contribution in [3.8, 4) is 0 Å². The van der Waals surface area contributed by atoms with Crippen molar-refractivity contribution < 1.29 is 22.4 Å². The van der Waals surface area contributed by atoms with Crippen LogP contribution in [0.15, 0.2) is 24.3 Å². The van der Waals surface area contributed by atoms with Gasteiger partial charge in [-0.1, -0.05) is 26.0 Å². The molecule has 0 N–H and O–H groups in total. The molecule has 3 nitrogen and oxygen atoms in total. The van der Waals surface area contributed by atoms with Gasteiger partial charge in [-0.05, 0) is 42.4 Å². The third-order valence-corrected chi connectivity index (χ3v) is 6.10. The van der Waals surface area contributed by atoms with E-state index in [-0.39, 0.29) is 23.8 Å². The van der Waals surface area contributed by atoms with E-state index in [4.69, 9.17) is 0 Å². The lowest BCUT2D eigenvalue weighted by molar-refractivity contribution is -0.139. The number of halogens is 4. The Morgan fingerprint density at radius 1 is 1.18 bits per heavy atom. The monoisotopic (exact) mass is 400 g/mol. The van der Waals surface area contributed by atoms with E-state index in [9.17, 15) is 22.4 Å². The van der Waals surface area contributed by atoms with Crippen LogP contribution in [0.3, 0.4) is 0 Å². The molecule has 0 aromatic heterocycles. The number of carbonyl (C=O) groups is 1. The molecule has 0 aliphatic carbocycles. The smallest absolute Gasteiger partial charge is 0.338 e. The number of piperidine rings is 1. The molecule has 156 valence electrons. The van der Waals surface area contributed by atoms with Crippen molar-refractivity contribution in [1.82, 2.24) is 9.80 Å². The van der Waals surface area contributed by atoms with E-state index in [0.29, 0.717) is 38.2 Å². The molecule has 2 heterocycles. The van der Waals surface area contributed by atoms with Gasteiger partial charge in [-0.3, -0.25) is 9.69 Å². The van der Waals surface area contributed by atoms with Gasteiger partial charge >= 0.3 is 6.18 Å². The summed E-state index contributed by atoms with van der Waals surface area (Å²) >= 11 is 0. The first-order valence-electron chi connectivity index (χ1n) is 9.88. The van der Waals surface area contributed by atoms with Gasteiger partial charge in [-0.15, -0.1) is 0 Å². The van der Waals surface area contributed by atoms with Gasteiger partial charge < -0.3 is 4.90 Å². The van der Waals surface area contributed by atoms with Gasteiger partial charge in [0.15, 0.2) is 0 Å². The third kappa shape index (κ3) is 4.85. The number of nitrogens with zero attached hydrogens (tertiary/aromatic N) is 2. The Morgan fingerprint density at radius 2 is 1.86 bits per heavy atom. The lowest BCUT2D eigenvalue weighted by atomic mass is 9.76. The molecule has 28 heavy (non-hydrogen) atoms. The van der Waals surface area contributed by atoms with Gasteiger partial charge in [0.1, 0.15) is 6.17 Å². The van der Waals surface area contributed by atoms with Crippen LogP contribution in [0, 0.1) is 5.41 Å². The van der Waals surface area contributed by atoms with Gasteiger partial charge in [-0.2, -0.15) is 13.2 Å². The SMILES string of the molecule is CC1(C)CCCN(C(=O)Cc2ccc(C(F)(F)F)cc2)C1CN1CCC(F)C1. The lowest BCUT2D eigenvalue weighted by Crippen LogP contribution is -2.57.